The molecule has 0 radical (unpaired) electrons. The smallest absolute Gasteiger partial charge is 0.164 e. The van der Waals surface area contributed by atoms with Crippen molar-refractivity contribution in [1.82, 2.24) is 0 Å². The van der Waals surface area contributed by atoms with Crippen LogP contribution in [0.2, 0.25) is 0 Å². The number of carbonyl (C=O) groups is 1. The highest BCUT2D eigenvalue weighted by atomic mass is 16.5. The summed E-state index contributed by atoms with van der Waals surface area (Å²) < 4.78 is 5.34. The molecule has 64 valence electrons. The van der Waals surface area contributed by atoms with Crippen LogP contribution in [0.4, 0.5) is 0 Å². The van der Waals surface area contributed by atoms with Crippen LogP contribution < -0.4 is 0 Å². The van der Waals surface area contributed by atoms with Gasteiger partial charge in [0.15, 0.2) is 5.78 Å². The predicted octanol–water partition coefficient (Wildman–Crippen LogP) is 1.64. The number of hydrogen-bond acceptors (Lipinski definition) is 2. The van der Waals surface area contributed by atoms with Gasteiger partial charge in [0.05, 0.1) is 6.10 Å². The molecule has 0 aliphatic carbocycles. The van der Waals surface area contributed by atoms with E-state index in [4.69, 9.17) is 4.74 Å². The Kier molecular flexibility index (Phi) is 2.66. The van der Waals surface area contributed by atoms with E-state index < -0.39 is 0 Å². The largest absolute Gasteiger partial charge is 0.370 e. The number of Topliss-reactive ketones (excluding diaryl/α,β-unsaturated/α-hetero) is 1. The molecule has 1 saturated heterocycles. The van der Waals surface area contributed by atoms with E-state index in [1.165, 1.54) is 0 Å². The molecule has 2 heteroatoms. The number of rotatable bonds is 2. The molecule has 2 atom stereocenters. The SMILES string of the molecule is CCC1OCC(=O)C1C(C)C. The molecule has 2 unspecified atom stereocenters. The fourth-order valence-electron chi connectivity index (χ4n) is 1.77. The van der Waals surface area contributed by atoms with E-state index in [1.807, 2.05) is 0 Å². The van der Waals surface area contributed by atoms with Crippen LogP contribution in [0, 0.1) is 11.8 Å². The second-order valence-corrected chi connectivity index (χ2v) is 3.49. The first kappa shape index (κ1) is 8.72. The van der Waals surface area contributed by atoms with Gasteiger partial charge in [-0.3, -0.25) is 4.79 Å². The van der Waals surface area contributed by atoms with Crippen molar-refractivity contribution in [3.05, 3.63) is 0 Å². The second-order valence-electron chi connectivity index (χ2n) is 3.49. The summed E-state index contributed by atoms with van der Waals surface area (Å²) in [5.41, 5.74) is 0. The lowest BCUT2D eigenvalue weighted by atomic mass is 9.87. The Balaban J connectivity index is 2.63. The van der Waals surface area contributed by atoms with Crippen molar-refractivity contribution >= 4 is 5.78 Å². The Bertz CT molecular complexity index is 152. The van der Waals surface area contributed by atoms with Gasteiger partial charge in [-0.15, -0.1) is 0 Å². The first-order valence-electron chi connectivity index (χ1n) is 4.31. The molecular formula is C9H16O2. The number of hydrogen-bond donors (Lipinski definition) is 0. The van der Waals surface area contributed by atoms with Gasteiger partial charge in [-0.25, -0.2) is 0 Å². The van der Waals surface area contributed by atoms with Crippen LogP contribution >= 0.6 is 0 Å². The van der Waals surface area contributed by atoms with Crippen LogP contribution in [0.3, 0.4) is 0 Å². The first-order chi connectivity index (χ1) is 5.16. The average molecular weight is 156 g/mol. The summed E-state index contributed by atoms with van der Waals surface area (Å²) >= 11 is 0. The van der Waals surface area contributed by atoms with E-state index in [-0.39, 0.29) is 17.8 Å². The molecule has 0 aromatic rings. The van der Waals surface area contributed by atoms with Gasteiger partial charge in [-0.1, -0.05) is 20.8 Å². The highest BCUT2D eigenvalue weighted by Crippen LogP contribution is 2.26. The Morgan fingerprint density at radius 3 is 2.64 bits per heavy atom. The standard InChI is InChI=1S/C9H16O2/c1-4-8-9(6(2)3)7(10)5-11-8/h6,8-9H,4-5H2,1-3H3. The first-order valence-corrected chi connectivity index (χ1v) is 4.31. The summed E-state index contributed by atoms with van der Waals surface area (Å²) in [7, 11) is 0. The number of ketones is 1. The summed E-state index contributed by atoms with van der Waals surface area (Å²) in [6.07, 6.45) is 1.14. The van der Waals surface area contributed by atoms with E-state index in [1.54, 1.807) is 0 Å². The monoisotopic (exact) mass is 156 g/mol. The molecule has 1 aliphatic rings. The zero-order valence-corrected chi connectivity index (χ0v) is 7.46. The van der Waals surface area contributed by atoms with E-state index >= 15 is 0 Å². The minimum absolute atomic E-state index is 0.153. The van der Waals surface area contributed by atoms with Crippen molar-refractivity contribution in [3.8, 4) is 0 Å². The fourth-order valence-corrected chi connectivity index (χ4v) is 1.77. The van der Waals surface area contributed by atoms with Gasteiger partial charge < -0.3 is 4.74 Å². The van der Waals surface area contributed by atoms with E-state index in [0.29, 0.717) is 12.5 Å². The zero-order valence-electron chi connectivity index (χ0n) is 7.46. The Morgan fingerprint density at radius 1 is 1.64 bits per heavy atom. The third-order valence-electron chi connectivity index (χ3n) is 2.33. The van der Waals surface area contributed by atoms with Crippen molar-refractivity contribution in [2.45, 2.75) is 33.3 Å². The lowest BCUT2D eigenvalue weighted by Gasteiger charge is -2.18. The Morgan fingerprint density at radius 2 is 2.27 bits per heavy atom. The molecule has 1 aliphatic heterocycles. The molecule has 0 bridgehead atoms. The van der Waals surface area contributed by atoms with Crippen LogP contribution in [-0.2, 0) is 9.53 Å². The molecule has 2 nitrogen and oxygen atoms in total. The van der Waals surface area contributed by atoms with Gasteiger partial charge in [0, 0.05) is 5.92 Å². The highest BCUT2D eigenvalue weighted by Gasteiger charge is 2.36. The molecule has 0 saturated carbocycles. The van der Waals surface area contributed by atoms with Crippen LogP contribution in [0.25, 0.3) is 0 Å². The summed E-state index contributed by atoms with van der Waals surface area (Å²) in [4.78, 5) is 11.3. The van der Waals surface area contributed by atoms with Crippen LogP contribution in [-0.4, -0.2) is 18.5 Å². The summed E-state index contributed by atoms with van der Waals surface area (Å²) in [5, 5.41) is 0. The second kappa shape index (κ2) is 3.35. The number of carbonyl (C=O) groups excluding carboxylic acids is 1. The molecule has 11 heavy (non-hydrogen) atoms. The van der Waals surface area contributed by atoms with Crippen molar-refractivity contribution < 1.29 is 9.53 Å². The van der Waals surface area contributed by atoms with Gasteiger partial charge in [0.1, 0.15) is 6.61 Å². The van der Waals surface area contributed by atoms with Crippen molar-refractivity contribution in [2.75, 3.05) is 6.61 Å². The third-order valence-corrected chi connectivity index (χ3v) is 2.33. The van der Waals surface area contributed by atoms with Gasteiger partial charge in [-0.2, -0.15) is 0 Å². The van der Waals surface area contributed by atoms with Gasteiger partial charge in [0.25, 0.3) is 0 Å². The van der Waals surface area contributed by atoms with Gasteiger partial charge in [-0.05, 0) is 12.3 Å². The molecule has 0 aromatic carbocycles. The van der Waals surface area contributed by atoms with Crippen LogP contribution in [0.1, 0.15) is 27.2 Å². The molecule has 1 heterocycles. The van der Waals surface area contributed by atoms with Crippen LogP contribution in [0.15, 0.2) is 0 Å². The summed E-state index contributed by atoms with van der Waals surface area (Å²) in [5.74, 6) is 0.863. The van der Waals surface area contributed by atoms with Crippen LogP contribution in [0.5, 0.6) is 0 Å². The predicted molar refractivity (Wildman–Crippen MR) is 43.4 cm³/mol. The summed E-state index contributed by atoms with van der Waals surface area (Å²) in [6, 6.07) is 0. The lowest BCUT2D eigenvalue weighted by molar-refractivity contribution is -0.121. The normalized spacial score (nSPS) is 31.8. The Labute approximate surface area is 67.9 Å². The molecule has 1 fully saturated rings. The molecule has 0 spiro atoms. The molecule has 0 aromatic heterocycles. The maximum Gasteiger partial charge on any atom is 0.164 e. The van der Waals surface area contributed by atoms with Crippen molar-refractivity contribution in [2.24, 2.45) is 11.8 Å². The van der Waals surface area contributed by atoms with E-state index in [9.17, 15) is 4.79 Å². The van der Waals surface area contributed by atoms with Gasteiger partial charge in [0.2, 0.25) is 0 Å². The maximum atomic E-state index is 11.3. The molecular weight excluding hydrogens is 140 g/mol. The quantitative estimate of drug-likeness (QED) is 0.607. The highest BCUT2D eigenvalue weighted by molar-refractivity contribution is 5.84. The van der Waals surface area contributed by atoms with E-state index in [0.717, 1.165) is 6.42 Å². The average Bonchev–Trinajstić information content (AvgIpc) is 2.30. The van der Waals surface area contributed by atoms with Crippen molar-refractivity contribution in [3.63, 3.8) is 0 Å². The van der Waals surface area contributed by atoms with Gasteiger partial charge >= 0.3 is 0 Å². The lowest BCUT2D eigenvalue weighted by Crippen LogP contribution is -2.25. The third kappa shape index (κ3) is 1.62. The molecule has 0 amide bonds. The molecule has 1 rings (SSSR count). The minimum Gasteiger partial charge on any atom is -0.370 e. The number of ether oxygens (including phenoxy) is 1. The fraction of sp³-hybridized carbons (Fsp3) is 0.889. The zero-order chi connectivity index (χ0) is 8.43. The Hall–Kier alpha value is -0.370. The van der Waals surface area contributed by atoms with Crippen molar-refractivity contribution in [1.29, 1.82) is 0 Å². The summed E-state index contributed by atoms with van der Waals surface area (Å²) in [6.45, 7) is 6.57. The topological polar surface area (TPSA) is 26.3 Å². The minimum atomic E-state index is 0.153. The maximum absolute atomic E-state index is 11.3. The van der Waals surface area contributed by atoms with E-state index in [2.05, 4.69) is 20.8 Å². The molecule has 0 N–H and O–H groups in total.